The molecule has 0 spiro atoms. The summed E-state index contributed by atoms with van der Waals surface area (Å²) in [6, 6.07) is 0. The molecule has 0 bridgehead atoms. The quantitative estimate of drug-likeness (QED) is 0.482. The third kappa shape index (κ3) is 4.00. The van der Waals surface area contributed by atoms with E-state index in [1.807, 2.05) is 0 Å². The average Bonchev–Trinajstić information content (AvgIpc) is 2.32. The standard InChI is InChI=1S/C5H5O2.3CH3.Sn/c1-2-5-6-3-4-7-5;;;;/h5H,3-4H2;3*1H3;. The Bertz CT molecular complexity index is 178. The molecule has 11 heavy (non-hydrogen) atoms. The molecule has 0 unspecified atom stereocenters. The predicted octanol–water partition coefficient (Wildman–Crippen LogP) is 1.24. The molecule has 1 fully saturated rings. The molecule has 1 heterocycles. The van der Waals surface area contributed by atoms with Gasteiger partial charge in [-0.25, -0.2) is 0 Å². The van der Waals surface area contributed by atoms with Gasteiger partial charge in [-0.2, -0.15) is 0 Å². The van der Waals surface area contributed by atoms with Gasteiger partial charge in [0.2, 0.25) is 0 Å². The summed E-state index contributed by atoms with van der Waals surface area (Å²) in [6.45, 7) is 1.39. The van der Waals surface area contributed by atoms with Crippen LogP contribution in [0, 0.1) is 9.86 Å². The molecule has 1 aliphatic rings. The van der Waals surface area contributed by atoms with Gasteiger partial charge in [-0.05, 0) is 0 Å². The van der Waals surface area contributed by atoms with Gasteiger partial charge in [-0.15, -0.1) is 0 Å². The van der Waals surface area contributed by atoms with E-state index >= 15 is 0 Å². The molecule has 62 valence electrons. The average molecular weight is 261 g/mol. The van der Waals surface area contributed by atoms with Gasteiger partial charge < -0.3 is 0 Å². The van der Waals surface area contributed by atoms with Gasteiger partial charge in [0.1, 0.15) is 0 Å². The van der Waals surface area contributed by atoms with Crippen LogP contribution < -0.4 is 0 Å². The molecule has 1 aliphatic heterocycles. The second kappa shape index (κ2) is 3.79. The summed E-state index contributed by atoms with van der Waals surface area (Å²) in [6.07, 6.45) is -0.231. The van der Waals surface area contributed by atoms with Crippen LogP contribution in [0.1, 0.15) is 0 Å². The van der Waals surface area contributed by atoms with Crippen LogP contribution >= 0.6 is 0 Å². The molecule has 0 radical (unpaired) electrons. The number of rotatable bonds is 0. The molecule has 3 heteroatoms. The number of hydrogen-bond donors (Lipinski definition) is 0. The van der Waals surface area contributed by atoms with Gasteiger partial charge in [0.25, 0.3) is 0 Å². The summed E-state index contributed by atoms with van der Waals surface area (Å²) in [5.41, 5.74) is 0. The first-order valence-electron chi connectivity index (χ1n) is 3.84. The Balaban J connectivity index is 2.42. The Morgan fingerprint density at radius 3 is 2.18 bits per heavy atom. The molecule has 0 aromatic carbocycles. The van der Waals surface area contributed by atoms with Crippen molar-refractivity contribution >= 4 is 18.4 Å². The Kier molecular flexibility index (Phi) is 3.23. The normalized spacial score (nSPS) is 19.5. The molecule has 0 aromatic heterocycles. The Labute approximate surface area is 72.1 Å². The van der Waals surface area contributed by atoms with E-state index < -0.39 is 18.4 Å². The third-order valence-electron chi connectivity index (χ3n) is 1.19. The van der Waals surface area contributed by atoms with Crippen molar-refractivity contribution < 1.29 is 9.47 Å². The fraction of sp³-hybridized carbons (Fsp3) is 0.750. The van der Waals surface area contributed by atoms with Crippen LogP contribution in [0.15, 0.2) is 0 Å². The van der Waals surface area contributed by atoms with E-state index in [4.69, 9.17) is 9.47 Å². The summed E-state index contributed by atoms with van der Waals surface area (Å²) in [5.74, 6) is 3.02. The van der Waals surface area contributed by atoms with E-state index in [1.165, 1.54) is 0 Å². The summed E-state index contributed by atoms with van der Waals surface area (Å²) in [7, 11) is 0. The molecule has 0 N–H and O–H groups in total. The monoisotopic (exact) mass is 262 g/mol. The molecular formula is C8H14O2Sn. The first kappa shape index (κ1) is 9.37. The van der Waals surface area contributed by atoms with Crippen LogP contribution in [0.4, 0.5) is 0 Å². The summed E-state index contributed by atoms with van der Waals surface area (Å²) in [4.78, 5) is 6.82. The van der Waals surface area contributed by atoms with Crippen molar-refractivity contribution in [2.24, 2.45) is 0 Å². The molecule has 0 atom stereocenters. The van der Waals surface area contributed by atoms with Crippen LogP contribution in [0.3, 0.4) is 0 Å². The minimum absolute atomic E-state index is 0.231. The van der Waals surface area contributed by atoms with E-state index in [2.05, 4.69) is 24.7 Å². The Morgan fingerprint density at radius 1 is 1.18 bits per heavy atom. The molecule has 0 amide bonds. The topological polar surface area (TPSA) is 18.5 Å². The molecule has 0 saturated carbocycles. The van der Waals surface area contributed by atoms with E-state index in [9.17, 15) is 0 Å². The third-order valence-corrected chi connectivity index (χ3v) is 3.74. The molecule has 1 saturated heterocycles. The van der Waals surface area contributed by atoms with Crippen molar-refractivity contribution in [3.8, 4) is 9.86 Å². The van der Waals surface area contributed by atoms with Gasteiger partial charge in [-0.3, -0.25) is 0 Å². The second-order valence-corrected chi connectivity index (χ2v) is 17.1. The fourth-order valence-corrected chi connectivity index (χ4v) is 2.29. The maximum absolute atomic E-state index is 5.19. The Morgan fingerprint density at radius 2 is 1.73 bits per heavy atom. The zero-order valence-corrected chi connectivity index (χ0v) is 10.2. The second-order valence-electron chi connectivity index (χ2n) is 3.59. The van der Waals surface area contributed by atoms with E-state index in [1.54, 1.807) is 0 Å². The van der Waals surface area contributed by atoms with Crippen molar-refractivity contribution in [1.29, 1.82) is 0 Å². The van der Waals surface area contributed by atoms with Crippen LogP contribution in [-0.4, -0.2) is 37.9 Å². The zero-order valence-electron chi connectivity index (χ0n) is 7.31. The van der Waals surface area contributed by atoms with Gasteiger partial charge in [0.15, 0.2) is 0 Å². The maximum atomic E-state index is 5.19. The van der Waals surface area contributed by atoms with Crippen molar-refractivity contribution in [1.82, 2.24) is 0 Å². The molecule has 1 rings (SSSR count). The van der Waals surface area contributed by atoms with Gasteiger partial charge >= 0.3 is 72.0 Å². The van der Waals surface area contributed by atoms with Gasteiger partial charge in [0.05, 0.1) is 0 Å². The fourth-order valence-electron chi connectivity index (χ4n) is 0.717. The van der Waals surface area contributed by atoms with Crippen LogP contribution in [0.2, 0.25) is 14.8 Å². The molecule has 0 aromatic rings. The summed E-state index contributed by atoms with van der Waals surface area (Å²) >= 11 is -1.90. The van der Waals surface area contributed by atoms with Crippen LogP contribution in [-0.2, 0) is 9.47 Å². The zero-order chi connectivity index (χ0) is 8.32. The predicted molar refractivity (Wildman–Crippen MR) is 46.8 cm³/mol. The summed E-state index contributed by atoms with van der Waals surface area (Å²) in [5, 5.41) is 0. The van der Waals surface area contributed by atoms with Crippen molar-refractivity contribution in [2.45, 2.75) is 21.1 Å². The van der Waals surface area contributed by atoms with E-state index in [0.717, 1.165) is 0 Å². The molecule has 2 nitrogen and oxygen atoms in total. The van der Waals surface area contributed by atoms with Crippen LogP contribution in [0.25, 0.3) is 0 Å². The minimum atomic E-state index is -1.90. The first-order chi connectivity index (χ1) is 5.08. The van der Waals surface area contributed by atoms with Crippen LogP contribution in [0.5, 0.6) is 0 Å². The van der Waals surface area contributed by atoms with E-state index in [0.29, 0.717) is 13.2 Å². The van der Waals surface area contributed by atoms with Crippen molar-refractivity contribution in [2.75, 3.05) is 13.2 Å². The SMILES string of the molecule is [CH3][Sn]([CH3])([CH3])[C]#CC1OCCO1. The first-order valence-corrected chi connectivity index (χ1v) is 13.8. The van der Waals surface area contributed by atoms with Crippen molar-refractivity contribution in [3.63, 3.8) is 0 Å². The molecule has 0 aliphatic carbocycles. The Hall–Kier alpha value is 0.279. The van der Waals surface area contributed by atoms with Gasteiger partial charge in [-0.1, -0.05) is 0 Å². The number of ether oxygens (including phenoxy) is 2. The summed E-state index contributed by atoms with van der Waals surface area (Å²) < 4.78 is 13.6. The molecular weight excluding hydrogens is 247 g/mol. The van der Waals surface area contributed by atoms with E-state index in [-0.39, 0.29) is 6.29 Å². The van der Waals surface area contributed by atoms with Crippen molar-refractivity contribution in [3.05, 3.63) is 0 Å². The van der Waals surface area contributed by atoms with Gasteiger partial charge in [0, 0.05) is 0 Å². The number of hydrogen-bond acceptors (Lipinski definition) is 2.